The lowest BCUT2D eigenvalue weighted by Crippen LogP contribution is -2.29. The summed E-state index contributed by atoms with van der Waals surface area (Å²) >= 11 is 7.58. The van der Waals surface area contributed by atoms with Crippen LogP contribution in [0.4, 0.5) is 5.69 Å². The lowest BCUT2D eigenvalue weighted by molar-refractivity contribution is 0.612. The van der Waals surface area contributed by atoms with Crippen LogP contribution >= 0.6 is 23.5 Å². The van der Waals surface area contributed by atoms with Crippen LogP contribution in [0.1, 0.15) is 45.4 Å². The summed E-state index contributed by atoms with van der Waals surface area (Å²) in [6.45, 7) is 3.12. The van der Waals surface area contributed by atoms with Crippen molar-refractivity contribution < 1.29 is 0 Å². The molecule has 0 saturated carbocycles. The van der Waals surface area contributed by atoms with E-state index in [4.69, 9.17) is 11.6 Å². The third-order valence-corrected chi connectivity index (χ3v) is 4.34. The molecule has 0 aliphatic carbocycles. The number of unbranched alkanes of at least 4 members (excludes halogenated alkanes) is 5. The van der Waals surface area contributed by atoms with E-state index in [0.29, 0.717) is 0 Å². The summed E-state index contributed by atoms with van der Waals surface area (Å²) in [4.78, 5) is 5.71. The van der Waals surface area contributed by atoms with Crippen molar-refractivity contribution >= 4 is 35.2 Å². The van der Waals surface area contributed by atoms with Gasteiger partial charge in [-0.25, -0.2) is 0 Å². The fourth-order valence-corrected chi connectivity index (χ4v) is 2.95. The summed E-state index contributed by atoms with van der Waals surface area (Å²) in [5.41, 5.74) is 1.03. The number of fused-ring (bicyclic) bond motifs is 1. The summed E-state index contributed by atoms with van der Waals surface area (Å²) in [5, 5.41) is 4.03. The van der Waals surface area contributed by atoms with Crippen LogP contribution in [0, 0.1) is 0 Å². The zero-order valence-electron chi connectivity index (χ0n) is 11.9. The van der Waals surface area contributed by atoms with Gasteiger partial charge in [-0.05, 0) is 36.6 Å². The van der Waals surface area contributed by atoms with E-state index in [1.807, 2.05) is 18.2 Å². The molecule has 2 N–H and O–H groups in total. The molecule has 0 atom stereocenters. The number of aliphatic imine (C=N–C) groups is 1. The second-order valence-corrected chi connectivity index (χ2v) is 6.25. The molecule has 0 spiro atoms. The molecular formula is C15H22ClN3S. The SMILES string of the molecule is CCCCCCCCN=C1NSc2ccc(Cl)cc2N1. The van der Waals surface area contributed by atoms with E-state index >= 15 is 0 Å². The lowest BCUT2D eigenvalue weighted by Gasteiger charge is -2.20. The van der Waals surface area contributed by atoms with Crippen LogP contribution in [0.5, 0.6) is 0 Å². The van der Waals surface area contributed by atoms with Gasteiger partial charge in [-0.3, -0.25) is 9.71 Å². The Morgan fingerprint density at radius 3 is 2.80 bits per heavy atom. The van der Waals surface area contributed by atoms with Crippen LogP contribution in [0.25, 0.3) is 0 Å². The van der Waals surface area contributed by atoms with Crippen LogP contribution < -0.4 is 10.0 Å². The average Bonchev–Trinajstić information content (AvgIpc) is 2.46. The van der Waals surface area contributed by atoms with Crippen molar-refractivity contribution in [1.29, 1.82) is 0 Å². The molecule has 0 radical (unpaired) electrons. The van der Waals surface area contributed by atoms with Crippen molar-refractivity contribution in [3.05, 3.63) is 23.2 Å². The predicted octanol–water partition coefficient (Wildman–Crippen LogP) is 5.08. The summed E-state index contributed by atoms with van der Waals surface area (Å²) in [6.07, 6.45) is 7.76. The van der Waals surface area contributed by atoms with Crippen molar-refractivity contribution in [2.75, 3.05) is 11.9 Å². The number of benzene rings is 1. The zero-order chi connectivity index (χ0) is 14.2. The van der Waals surface area contributed by atoms with Crippen LogP contribution in [0.15, 0.2) is 28.1 Å². The first-order chi connectivity index (χ1) is 9.79. The molecule has 2 rings (SSSR count). The third-order valence-electron chi connectivity index (χ3n) is 3.23. The number of nitrogens with zero attached hydrogens (tertiary/aromatic N) is 1. The maximum absolute atomic E-state index is 6.00. The highest BCUT2D eigenvalue weighted by molar-refractivity contribution is 7.98. The minimum Gasteiger partial charge on any atom is -0.325 e. The fraction of sp³-hybridized carbons (Fsp3) is 0.533. The maximum atomic E-state index is 6.00. The number of hydrogen-bond donors (Lipinski definition) is 2. The van der Waals surface area contributed by atoms with E-state index in [0.717, 1.165) is 34.5 Å². The summed E-state index contributed by atoms with van der Waals surface area (Å²) in [7, 11) is 0. The lowest BCUT2D eigenvalue weighted by atomic mass is 10.1. The van der Waals surface area contributed by atoms with Gasteiger partial charge >= 0.3 is 0 Å². The van der Waals surface area contributed by atoms with Gasteiger partial charge in [-0.15, -0.1) is 0 Å². The second kappa shape index (κ2) is 8.42. The fourth-order valence-electron chi connectivity index (χ4n) is 2.10. The first-order valence-corrected chi connectivity index (χ1v) is 8.53. The summed E-state index contributed by atoms with van der Waals surface area (Å²) in [5.74, 6) is 0.832. The van der Waals surface area contributed by atoms with Gasteiger partial charge in [0.05, 0.1) is 10.6 Å². The van der Waals surface area contributed by atoms with Crippen molar-refractivity contribution in [3.8, 4) is 0 Å². The highest BCUT2D eigenvalue weighted by atomic mass is 35.5. The topological polar surface area (TPSA) is 36.4 Å². The Morgan fingerprint density at radius 1 is 1.15 bits per heavy atom. The molecule has 1 aliphatic rings. The minimum atomic E-state index is 0.744. The van der Waals surface area contributed by atoms with Crippen molar-refractivity contribution in [2.24, 2.45) is 4.99 Å². The summed E-state index contributed by atoms with van der Waals surface area (Å²) < 4.78 is 3.22. The zero-order valence-corrected chi connectivity index (χ0v) is 13.5. The van der Waals surface area contributed by atoms with Gasteiger partial charge in [-0.1, -0.05) is 50.6 Å². The molecule has 1 aromatic rings. The number of rotatable bonds is 7. The molecule has 0 aromatic heterocycles. The molecule has 20 heavy (non-hydrogen) atoms. The smallest absolute Gasteiger partial charge is 0.206 e. The predicted molar refractivity (Wildman–Crippen MR) is 89.7 cm³/mol. The second-order valence-electron chi connectivity index (χ2n) is 4.97. The first kappa shape index (κ1) is 15.5. The normalized spacial score (nSPS) is 15.6. The number of anilines is 1. The Bertz CT molecular complexity index is 462. The van der Waals surface area contributed by atoms with Crippen molar-refractivity contribution in [1.82, 2.24) is 4.72 Å². The largest absolute Gasteiger partial charge is 0.325 e. The Kier molecular flexibility index (Phi) is 6.54. The molecule has 110 valence electrons. The van der Waals surface area contributed by atoms with E-state index < -0.39 is 0 Å². The number of guanidine groups is 1. The monoisotopic (exact) mass is 311 g/mol. The molecular weight excluding hydrogens is 290 g/mol. The molecule has 1 heterocycles. The Morgan fingerprint density at radius 2 is 1.95 bits per heavy atom. The van der Waals surface area contributed by atoms with Gasteiger partial charge in [0, 0.05) is 11.6 Å². The number of halogens is 1. The Labute approximate surface area is 130 Å². The molecule has 0 unspecified atom stereocenters. The van der Waals surface area contributed by atoms with Crippen LogP contribution in [-0.2, 0) is 0 Å². The van der Waals surface area contributed by atoms with E-state index in [1.165, 1.54) is 32.1 Å². The number of hydrogen-bond acceptors (Lipinski definition) is 2. The van der Waals surface area contributed by atoms with Gasteiger partial charge in [0.25, 0.3) is 0 Å². The van der Waals surface area contributed by atoms with Gasteiger partial charge in [0.15, 0.2) is 0 Å². The van der Waals surface area contributed by atoms with Gasteiger partial charge in [0.2, 0.25) is 5.96 Å². The van der Waals surface area contributed by atoms with E-state index in [-0.39, 0.29) is 0 Å². The highest BCUT2D eigenvalue weighted by Crippen LogP contribution is 2.31. The van der Waals surface area contributed by atoms with E-state index in [9.17, 15) is 0 Å². The average molecular weight is 312 g/mol. The minimum absolute atomic E-state index is 0.744. The van der Waals surface area contributed by atoms with E-state index in [2.05, 4.69) is 22.0 Å². The van der Waals surface area contributed by atoms with Gasteiger partial charge < -0.3 is 5.32 Å². The Hall–Kier alpha value is -0.870. The number of nitrogens with one attached hydrogen (secondary N) is 2. The standard InChI is InChI=1S/C15H22ClN3S/c1-2-3-4-5-6-7-10-17-15-18-13-11-12(16)8-9-14(13)20-19-15/h8-9,11H,2-7,10H2,1H3,(H2,17,18,19). The van der Waals surface area contributed by atoms with Gasteiger partial charge in [0.1, 0.15) is 0 Å². The molecule has 3 nitrogen and oxygen atoms in total. The molecule has 5 heteroatoms. The quantitative estimate of drug-likeness (QED) is 0.544. The van der Waals surface area contributed by atoms with Crippen LogP contribution in [-0.4, -0.2) is 12.5 Å². The molecule has 1 aromatic carbocycles. The highest BCUT2D eigenvalue weighted by Gasteiger charge is 2.13. The molecule has 0 saturated heterocycles. The Balaban J connectivity index is 1.73. The summed E-state index contributed by atoms with van der Waals surface area (Å²) in [6, 6.07) is 5.84. The third kappa shape index (κ3) is 4.91. The molecule has 1 aliphatic heterocycles. The van der Waals surface area contributed by atoms with Crippen molar-refractivity contribution in [3.63, 3.8) is 0 Å². The van der Waals surface area contributed by atoms with Gasteiger partial charge in [-0.2, -0.15) is 0 Å². The molecule has 0 fully saturated rings. The van der Waals surface area contributed by atoms with Crippen molar-refractivity contribution in [2.45, 2.75) is 50.3 Å². The molecule has 0 amide bonds. The van der Waals surface area contributed by atoms with Crippen LogP contribution in [0.3, 0.4) is 0 Å². The first-order valence-electron chi connectivity index (χ1n) is 7.33. The molecule has 0 bridgehead atoms. The van der Waals surface area contributed by atoms with E-state index in [1.54, 1.807) is 11.9 Å². The van der Waals surface area contributed by atoms with Crippen LogP contribution in [0.2, 0.25) is 5.02 Å². The maximum Gasteiger partial charge on any atom is 0.206 e.